The molecule has 1 heterocycles. The summed E-state index contributed by atoms with van der Waals surface area (Å²) in [7, 11) is 0. The highest BCUT2D eigenvalue weighted by molar-refractivity contribution is 7.10. The van der Waals surface area contributed by atoms with E-state index < -0.39 is 18.0 Å². The van der Waals surface area contributed by atoms with Gasteiger partial charge in [0.1, 0.15) is 6.04 Å². The Bertz CT molecular complexity index is 448. The number of carbonyl (C=O) groups is 2. The molecule has 0 aliphatic rings. The zero-order chi connectivity index (χ0) is 15.8. The highest BCUT2D eigenvalue weighted by Crippen LogP contribution is 2.23. The van der Waals surface area contributed by atoms with Crippen LogP contribution in [-0.4, -0.2) is 23.1 Å². The Labute approximate surface area is 129 Å². The van der Waals surface area contributed by atoms with E-state index in [1.165, 1.54) is 0 Å². The number of rotatable bonds is 8. The highest BCUT2D eigenvalue weighted by Gasteiger charge is 2.26. The number of thiophene rings is 1. The Kier molecular flexibility index (Phi) is 7.22. The van der Waals surface area contributed by atoms with Crippen LogP contribution in [0.4, 0.5) is 4.79 Å². The van der Waals surface area contributed by atoms with E-state index in [9.17, 15) is 14.7 Å². The van der Waals surface area contributed by atoms with Gasteiger partial charge >= 0.3 is 12.0 Å². The van der Waals surface area contributed by atoms with Crippen molar-refractivity contribution in [3.8, 4) is 0 Å². The van der Waals surface area contributed by atoms with Crippen LogP contribution in [0.1, 0.15) is 51.0 Å². The van der Waals surface area contributed by atoms with Gasteiger partial charge in [0.05, 0.1) is 6.04 Å². The van der Waals surface area contributed by atoms with E-state index in [1.807, 2.05) is 31.4 Å². The maximum absolute atomic E-state index is 12.1. The topological polar surface area (TPSA) is 78.4 Å². The van der Waals surface area contributed by atoms with Crippen molar-refractivity contribution in [2.45, 2.75) is 52.1 Å². The molecule has 1 aromatic rings. The Balaban J connectivity index is 2.67. The van der Waals surface area contributed by atoms with Crippen LogP contribution >= 0.6 is 11.3 Å². The van der Waals surface area contributed by atoms with Gasteiger partial charge in [0, 0.05) is 4.88 Å². The van der Waals surface area contributed by atoms with Crippen LogP contribution in [-0.2, 0) is 4.79 Å². The Morgan fingerprint density at radius 2 is 2.05 bits per heavy atom. The lowest BCUT2D eigenvalue weighted by Gasteiger charge is -2.23. The number of aliphatic carboxylic acids is 1. The molecule has 0 fully saturated rings. The molecule has 3 N–H and O–H groups in total. The molecule has 0 radical (unpaired) electrons. The molecular weight excluding hydrogens is 288 g/mol. The number of hydrogen-bond donors (Lipinski definition) is 3. The molecule has 0 aromatic carbocycles. The molecule has 0 bridgehead atoms. The summed E-state index contributed by atoms with van der Waals surface area (Å²) in [6, 6.07) is 2.58. The van der Waals surface area contributed by atoms with Gasteiger partial charge in [-0.25, -0.2) is 9.59 Å². The predicted octanol–water partition coefficient (Wildman–Crippen LogP) is 3.39. The fourth-order valence-electron chi connectivity index (χ4n) is 2.09. The first-order valence-corrected chi connectivity index (χ1v) is 8.20. The largest absolute Gasteiger partial charge is 0.480 e. The van der Waals surface area contributed by atoms with Crippen LogP contribution in [0.5, 0.6) is 0 Å². The molecule has 1 unspecified atom stereocenters. The molecule has 6 heteroatoms. The van der Waals surface area contributed by atoms with E-state index in [-0.39, 0.29) is 12.0 Å². The Morgan fingerprint density at radius 3 is 2.52 bits per heavy atom. The summed E-state index contributed by atoms with van der Waals surface area (Å²) in [6.45, 7) is 5.78. The molecule has 0 spiro atoms. The van der Waals surface area contributed by atoms with E-state index in [4.69, 9.17) is 0 Å². The lowest BCUT2D eigenvalue weighted by Crippen LogP contribution is -2.49. The average molecular weight is 312 g/mol. The number of carboxylic acids is 1. The normalized spacial score (nSPS) is 15.0. The smallest absolute Gasteiger partial charge is 0.326 e. The Morgan fingerprint density at radius 1 is 1.33 bits per heavy atom. The van der Waals surface area contributed by atoms with Gasteiger partial charge in [0.15, 0.2) is 0 Å². The molecule has 21 heavy (non-hydrogen) atoms. The molecule has 2 amide bonds. The summed E-state index contributed by atoms with van der Waals surface area (Å²) in [5.41, 5.74) is 0. The van der Waals surface area contributed by atoms with Crippen molar-refractivity contribution in [3.63, 3.8) is 0 Å². The Hall–Kier alpha value is -1.56. The molecule has 0 aliphatic carbocycles. The standard InChI is InChI=1S/C15H24N2O3S/c1-4-7-11(12-8-6-9-21-12)16-15(20)17-13(14(18)19)10(3)5-2/h6,8-11,13H,4-5,7H2,1-3H3,(H,18,19)(H2,16,17,20)/t10-,11?,13-/m0/s1. The lowest BCUT2D eigenvalue weighted by atomic mass is 9.99. The molecule has 0 saturated heterocycles. The number of carbonyl (C=O) groups excluding carboxylic acids is 1. The fourth-order valence-corrected chi connectivity index (χ4v) is 2.90. The molecule has 0 saturated carbocycles. The van der Waals surface area contributed by atoms with Gasteiger partial charge in [-0.2, -0.15) is 0 Å². The second-order valence-electron chi connectivity index (χ2n) is 5.18. The minimum atomic E-state index is -0.998. The number of carboxylic acid groups (broad SMARTS) is 1. The van der Waals surface area contributed by atoms with Gasteiger partial charge in [0.25, 0.3) is 0 Å². The van der Waals surface area contributed by atoms with Crippen molar-refractivity contribution in [3.05, 3.63) is 22.4 Å². The quantitative estimate of drug-likeness (QED) is 0.688. The SMILES string of the molecule is CCCC(NC(=O)N[C@H](C(=O)O)[C@@H](C)CC)c1cccs1. The summed E-state index contributed by atoms with van der Waals surface area (Å²) in [6.07, 6.45) is 2.46. The van der Waals surface area contributed by atoms with E-state index in [0.29, 0.717) is 6.42 Å². The zero-order valence-corrected chi connectivity index (χ0v) is 13.6. The maximum atomic E-state index is 12.1. The zero-order valence-electron chi connectivity index (χ0n) is 12.8. The van der Waals surface area contributed by atoms with E-state index in [0.717, 1.165) is 17.7 Å². The highest BCUT2D eigenvalue weighted by atomic mass is 32.1. The molecule has 118 valence electrons. The molecule has 0 aliphatic heterocycles. The molecule has 1 rings (SSSR count). The summed E-state index contributed by atoms with van der Waals surface area (Å²) < 4.78 is 0. The minimum Gasteiger partial charge on any atom is -0.480 e. The van der Waals surface area contributed by atoms with Crippen molar-refractivity contribution in [1.82, 2.24) is 10.6 Å². The van der Waals surface area contributed by atoms with Gasteiger partial charge in [-0.05, 0) is 23.8 Å². The van der Waals surface area contributed by atoms with Crippen molar-refractivity contribution >= 4 is 23.3 Å². The van der Waals surface area contributed by atoms with Gasteiger partial charge in [-0.15, -0.1) is 11.3 Å². The minimum absolute atomic E-state index is 0.0682. The van der Waals surface area contributed by atoms with Crippen molar-refractivity contribution < 1.29 is 14.7 Å². The van der Waals surface area contributed by atoms with Crippen molar-refractivity contribution in [1.29, 1.82) is 0 Å². The van der Waals surface area contributed by atoms with Crippen LogP contribution in [0.2, 0.25) is 0 Å². The average Bonchev–Trinajstić information content (AvgIpc) is 2.97. The lowest BCUT2D eigenvalue weighted by molar-refractivity contribution is -0.140. The van der Waals surface area contributed by atoms with Crippen molar-refractivity contribution in [2.75, 3.05) is 0 Å². The third-order valence-electron chi connectivity index (χ3n) is 3.53. The summed E-state index contributed by atoms with van der Waals surface area (Å²) in [5.74, 6) is -1.11. The van der Waals surface area contributed by atoms with E-state index in [2.05, 4.69) is 17.6 Å². The predicted molar refractivity (Wildman–Crippen MR) is 84.5 cm³/mol. The van der Waals surface area contributed by atoms with Gasteiger partial charge in [0.2, 0.25) is 0 Å². The number of nitrogens with one attached hydrogen (secondary N) is 2. The van der Waals surface area contributed by atoms with Crippen molar-refractivity contribution in [2.24, 2.45) is 5.92 Å². The molecule has 1 aromatic heterocycles. The summed E-state index contributed by atoms with van der Waals surface area (Å²) in [5, 5.41) is 16.6. The number of hydrogen-bond acceptors (Lipinski definition) is 3. The second kappa shape index (κ2) is 8.67. The summed E-state index contributed by atoms with van der Waals surface area (Å²) >= 11 is 1.59. The fraction of sp³-hybridized carbons (Fsp3) is 0.600. The van der Waals surface area contributed by atoms with Crippen LogP contribution in [0.15, 0.2) is 17.5 Å². The first-order valence-electron chi connectivity index (χ1n) is 7.32. The summed E-state index contributed by atoms with van der Waals surface area (Å²) in [4.78, 5) is 24.4. The third-order valence-corrected chi connectivity index (χ3v) is 4.52. The van der Waals surface area contributed by atoms with Crippen LogP contribution < -0.4 is 10.6 Å². The monoisotopic (exact) mass is 312 g/mol. The third kappa shape index (κ3) is 5.38. The molecule has 3 atom stereocenters. The first-order chi connectivity index (χ1) is 9.99. The van der Waals surface area contributed by atoms with Crippen LogP contribution in [0.25, 0.3) is 0 Å². The number of urea groups is 1. The molecular formula is C15H24N2O3S. The van der Waals surface area contributed by atoms with Crippen LogP contribution in [0.3, 0.4) is 0 Å². The number of amides is 2. The molecule has 5 nitrogen and oxygen atoms in total. The van der Waals surface area contributed by atoms with Crippen LogP contribution in [0, 0.1) is 5.92 Å². The maximum Gasteiger partial charge on any atom is 0.326 e. The van der Waals surface area contributed by atoms with Gasteiger partial charge in [-0.1, -0.05) is 39.7 Å². The van der Waals surface area contributed by atoms with E-state index in [1.54, 1.807) is 11.3 Å². The van der Waals surface area contributed by atoms with Gasteiger partial charge in [-0.3, -0.25) is 0 Å². The first kappa shape index (κ1) is 17.5. The van der Waals surface area contributed by atoms with E-state index >= 15 is 0 Å². The van der Waals surface area contributed by atoms with Gasteiger partial charge < -0.3 is 15.7 Å². The second-order valence-corrected chi connectivity index (χ2v) is 6.16.